The number of rotatable bonds is 4. The summed E-state index contributed by atoms with van der Waals surface area (Å²) in [5, 5.41) is 13.9. The van der Waals surface area contributed by atoms with Crippen LogP contribution in [0.4, 0.5) is 0 Å². The Hall–Kier alpha value is -2.10. The van der Waals surface area contributed by atoms with Gasteiger partial charge < -0.3 is 15.4 Å². The second kappa shape index (κ2) is 5.59. The maximum Gasteiger partial charge on any atom is 0.0556 e. The molecule has 0 amide bonds. The molecule has 1 unspecified atom stereocenters. The van der Waals surface area contributed by atoms with Crippen molar-refractivity contribution in [2.24, 2.45) is 0 Å². The first-order chi connectivity index (χ1) is 10.9. The Kier molecular flexibility index (Phi) is 3.45. The van der Waals surface area contributed by atoms with E-state index in [-0.39, 0.29) is 6.61 Å². The number of aromatic amines is 1. The van der Waals surface area contributed by atoms with Gasteiger partial charge in [-0.15, -0.1) is 0 Å². The molecule has 0 fully saturated rings. The summed E-state index contributed by atoms with van der Waals surface area (Å²) in [4.78, 5) is 3.61. The van der Waals surface area contributed by atoms with Crippen LogP contribution in [0.2, 0.25) is 0 Å². The number of nitrogens with one attached hydrogen (secondary N) is 2. The predicted octanol–water partition coefficient (Wildman–Crippen LogP) is 3.40. The Morgan fingerprint density at radius 2 is 1.95 bits per heavy atom. The Balaban J connectivity index is 1.86. The summed E-state index contributed by atoms with van der Waals surface area (Å²) < 4.78 is 0. The molecule has 4 rings (SSSR count). The highest BCUT2D eigenvalue weighted by molar-refractivity contribution is 5.94. The van der Waals surface area contributed by atoms with Crippen LogP contribution in [0, 0.1) is 0 Å². The van der Waals surface area contributed by atoms with Gasteiger partial charge in [0.05, 0.1) is 6.61 Å². The van der Waals surface area contributed by atoms with E-state index in [4.69, 9.17) is 5.11 Å². The molecule has 0 saturated carbocycles. The largest absolute Gasteiger partial charge is 0.395 e. The lowest BCUT2D eigenvalue weighted by Crippen LogP contribution is -2.26. The monoisotopic (exact) mass is 292 g/mol. The molecule has 3 aromatic rings. The molecule has 1 aliphatic carbocycles. The van der Waals surface area contributed by atoms with Crippen molar-refractivity contribution in [3.8, 4) is 11.3 Å². The highest BCUT2D eigenvalue weighted by Gasteiger charge is 2.25. The van der Waals surface area contributed by atoms with Gasteiger partial charge in [-0.2, -0.15) is 0 Å². The number of aliphatic hydroxyl groups excluding tert-OH is 1. The first kappa shape index (κ1) is 13.6. The summed E-state index contributed by atoms with van der Waals surface area (Å²) in [7, 11) is 0. The molecular weight excluding hydrogens is 272 g/mol. The summed E-state index contributed by atoms with van der Waals surface area (Å²) in [5.41, 5.74) is 6.50. The summed E-state index contributed by atoms with van der Waals surface area (Å²) >= 11 is 0. The van der Waals surface area contributed by atoms with E-state index in [9.17, 15) is 0 Å². The van der Waals surface area contributed by atoms with Gasteiger partial charge in [0.15, 0.2) is 0 Å². The van der Waals surface area contributed by atoms with E-state index in [0.29, 0.717) is 12.6 Å². The molecule has 1 atom stereocenters. The molecule has 0 bridgehead atoms. The molecule has 0 spiro atoms. The molecule has 1 heterocycles. The lowest BCUT2D eigenvalue weighted by atomic mass is 9.87. The molecule has 22 heavy (non-hydrogen) atoms. The first-order valence-corrected chi connectivity index (χ1v) is 7.91. The molecule has 3 heteroatoms. The number of aromatic nitrogens is 1. The smallest absolute Gasteiger partial charge is 0.0556 e. The van der Waals surface area contributed by atoms with Gasteiger partial charge in [0.1, 0.15) is 0 Å². The second-order valence-electron chi connectivity index (χ2n) is 5.88. The van der Waals surface area contributed by atoms with Crippen molar-refractivity contribution >= 4 is 10.9 Å². The van der Waals surface area contributed by atoms with E-state index in [1.54, 1.807) is 0 Å². The lowest BCUT2D eigenvalue weighted by molar-refractivity contribution is 0.282. The van der Waals surface area contributed by atoms with Gasteiger partial charge in [-0.3, -0.25) is 0 Å². The molecule has 0 aliphatic heterocycles. The number of aliphatic hydroxyl groups is 1. The third-order valence-corrected chi connectivity index (χ3v) is 4.58. The van der Waals surface area contributed by atoms with Crippen LogP contribution in [0.25, 0.3) is 22.2 Å². The van der Waals surface area contributed by atoms with E-state index in [2.05, 4.69) is 58.8 Å². The van der Waals surface area contributed by atoms with Crippen LogP contribution in [-0.2, 0) is 6.42 Å². The maximum atomic E-state index is 9.07. The minimum absolute atomic E-state index is 0.182. The molecular formula is C19H20N2O. The van der Waals surface area contributed by atoms with Crippen LogP contribution in [0.1, 0.15) is 23.6 Å². The fourth-order valence-corrected chi connectivity index (χ4v) is 3.63. The fourth-order valence-electron chi connectivity index (χ4n) is 3.63. The van der Waals surface area contributed by atoms with Crippen molar-refractivity contribution in [1.29, 1.82) is 0 Å². The minimum Gasteiger partial charge on any atom is -0.395 e. The van der Waals surface area contributed by atoms with Crippen LogP contribution in [0.5, 0.6) is 0 Å². The average molecular weight is 292 g/mol. The molecule has 3 nitrogen and oxygen atoms in total. The van der Waals surface area contributed by atoms with Gasteiger partial charge in [-0.1, -0.05) is 42.5 Å². The molecule has 1 aromatic heterocycles. The van der Waals surface area contributed by atoms with Crippen LogP contribution < -0.4 is 5.32 Å². The third-order valence-electron chi connectivity index (χ3n) is 4.58. The number of hydrogen-bond donors (Lipinski definition) is 3. The highest BCUT2D eigenvalue weighted by atomic mass is 16.3. The molecule has 3 N–H and O–H groups in total. The zero-order valence-corrected chi connectivity index (χ0v) is 12.5. The Bertz CT molecular complexity index is 792. The molecule has 112 valence electrons. The Morgan fingerprint density at radius 1 is 1.09 bits per heavy atom. The van der Waals surface area contributed by atoms with Gasteiger partial charge in [-0.25, -0.2) is 0 Å². The second-order valence-corrected chi connectivity index (χ2v) is 5.88. The van der Waals surface area contributed by atoms with Crippen LogP contribution >= 0.6 is 0 Å². The third kappa shape index (κ3) is 2.14. The van der Waals surface area contributed by atoms with E-state index >= 15 is 0 Å². The Morgan fingerprint density at radius 3 is 2.77 bits per heavy atom. The SMILES string of the molecule is OCCNC1CCc2c(-c3ccccc3)[nH]c3cccc1c23. The first-order valence-electron chi connectivity index (χ1n) is 7.91. The Labute approximate surface area is 130 Å². The van der Waals surface area contributed by atoms with Crippen molar-refractivity contribution in [2.45, 2.75) is 18.9 Å². The van der Waals surface area contributed by atoms with Gasteiger partial charge >= 0.3 is 0 Å². The van der Waals surface area contributed by atoms with Crippen molar-refractivity contribution in [1.82, 2.24) is 10.3 Å². The van der Waals surface area contributed by atoms with E-state index in [1.165, 1.54) is 33.3 Å². The maximum absolute atomic E-state index is 9.07. The van der Waals surface area contributed by atoms with E-state index < -0.39 is 0 Å². The number of hydrogen-bond acceptors (Lipinski definition) is 2. The summed E-state index contributed by atoms with van der Waals surface area (Å²) in [6.07, 6.45) is 2.13. The van der Waals surface area contributed by atoms with Crippen molar-refractivity contribution in [3.63, 3.8) is 0 Å². The average Bonchev–Trinajstić information content (AvgIpc) is 2.96. The van der Waals surface area contributed by atoms with E-state index in [1.807, 2.05) is 0 Å². The van der Waals surface area contributed by atoms with Crippen LogP contribution in [0.3, 0.4) is 0 Å². The summed E-state index contributed by atoms with van der Waals surface area (Å²) in [6, 6.07) is 17.4. The van der Waals surface area contributed by atoms with Crippen molar-refractivity contribution in [2.75, 3.05) is 13.2 Å². The van der Waals surface area contributed by atoms with Gasteiger partial charge in [-0.05, 0) is 35.6 Å². The minimum atomic E-state index is 0.182. The van der Waals surface area contributed by atoms with Crippen LogP contribution in [-0.4, -0.2) is 23.2 Å². The topological polar surface area (TPSA) is 48.0 Å². The van der Waals surface area contributed by atoms with Crippen molar-refractivity contribution < 1.29 is 5.11 Å². The quantitative estimate of drug-likeness (QED) is 0.690. The number of H-pyrrole nitrogens is 1. The number of benzene rings is 2. The normalized spacial score (nSPS) is 17.0. The molecule has 0 saturated heterocycles. The van der Waals surface area contributed by atoms with E-state index in [0.717, 1.165) is 12.8 Å². The summed E-state index contributed by atoms with van der Waals surface area (Å²) in [5.74, 6) is 0. The van der Waals surface area contributed by atoms with Crippen LogP contribution in [0.15, 0.2) is 48.5 Å². The molecule has 0 radical (unpaired) electrons. The molecule has 1 aliphatic rings. The zero-order chi connectivity index (χ0) is 14.9. The zero-order valence-electron chi connectivity index (χ0n) is 12.5. The van der Waals surface area contributed by atoms with Gasteiger partial charge in [0.2, 0.25) is 0 Å². The predicted molar refractivity (Wildman–Crippen MR) is 89.9 cm³/mol. The lowest BCUT2D eigenvalue weighted by Gasteiger charge is -2.24. The standard InChI is InChI=1S/C19H20N2O/c22-12-11-20-16-10-9-15-18-14(16)7-4-8-17(18)21-19(15)13-5-2-1-3-6-13/h1-8,16,20-22H,9-12H2. The summed E-state index contributed by atoms with van der Waals surface area (Å²) in [6.45, 7) is 0.827. The molecule has 2 aromatic carbocycles. The number of aryl methyl sites for hydroxylation is 1. The van der Waals surface area contributed by atoms with Gasteiger partial charge in [0, 0.05) is 29.2 Å². The fraction of sp³-hybridized carbons (Fsp3) is 0.263. The van der Waals surface area contributed by atoms with Gasteiger partial charge in [0.25, 0.3) is 0 Å². The van der Waals surface area contributed by atoms with Crippen molar-refractivity contribution in [3.05, 3.63) is 59.7 Å². The highest BCUT2D eigenvalue weighted by Crippen LogP contribution is 2.40.